The molecule has 0 aromatic heterocycles. The van der Waals surface area contributed by atoms with E-state index in [4.69, 9.17) is 0 Å². The minimum Gasteiger partial charge on any atom is -0.508 e. The topological polar surface area (TPSA) is 57.6 Å². The fourth-order valence-corrected chi connectivity index (χ4v) is 2.79. The van der Waals surface area contributed by atoms with E-state index < -0.39 is 6.04 Å². The first kappa shape index (κ1) is 13.4. The lowest BCUT2D eigenvalue weighted by Gasteiger charge is -2.24. The number of benzene rings is 2. The number of imide groups is 1. The van der Waals surface area contributed by atoms with E-state index in [1.807, 2.05) is 6.07 Å². The molecule has 0 saturated heterocycles. The van der Waals surface area contributed by atoms with E-state index in [0.29, 0.717) is 16.7 Å². The molecule has 1 heterocycles. The monoisotopic (exact) mass is 281 g/mol. The Balaban J connectivity index is 2.04. The van der Waals surface area contributed by atoms with Crippen molar-refractivity contribution in [3.05, 3.63) is 64.7 Å². The summed E-state index contributed by atoms with van der Waals surface area (Å²) in [7, 11) is 0. The average molecular weight is 281 g/mol. The van der Waals surface area contributed by atoms with Gasteiger partial charge in [0.1, 0.15) is 5.75 Å². The number of amides is 2. The Morgan fingerprint density at radius 3 is 2.10 bits per heavy atom. The number of carbonyl (C=O) groups excluding carboxylic acids is 2. The number of hydrogen-bond acceptors (Lipinski definition) is 3. The van der Waals surface area contributed by atoms with E-state index in [0.717, 1.165) is 5.56 Å². The second-order valence-electron chi connectivity index (χ2n) is 5.19. The van der Waals surface area contributed by atoms with Gasteiger partial charge in [-0.1, -0.05) is 24.3 Å². The highest BCUT2D eigenvalue weighted by molar-refractivity contribution is 6.21. The minimum atomic E-state index is -0.426. The zero-order valence-corrected chi connectivity index (χ0v) is 11.8. The van der Waals surface area contributed by atoms with Gasteiger partial charge in [0.05, 0.1) is 17.2 Å². The Kier molecular flexibility index (Phi) is 3.01. The number of aromatic hydroxyl groups is 1. The standard InChI is InChI=1S/C17H15NO3/c1-10-12(8-5-9-15(10)19)11(2)18-16(20)13-6-3-4-7-14(13)17(18)21/h3-9,11,19H,1-2H3. The maximum atomic E-state index is 12.5. The molecule has 1 aliphatic rings. The molecule has 4 nitrogen and oxygen atoms in total. The summed E-state index contributed by atoms with van der Waals surface area (Å²) >= 11 is 0. The molecule has 2 aromatic rings. The summed E-state index contributed by atoms with van der Waals surface area (Å²) in [5.41, 5.74) is 2.32. The first-order valence-electron chi connectivity index (χ1n) is 6.77. The molecule has 1 aliphatic heterocycles. The summed E-state index contributed by atoms with van der Waals surface area (Å²) in [6.07, 6.45) is 0. The highest BCUT2D eigenvalue weighted by Gasteiger charge is 2.38. The maximum Gasteiger partial charge on any atom is 0.262 e. The lowest BCUT2D eigenvalue weighted by molar-refractivity contribution is 0.0594. The number of nitrogens with zero attached hydrogens (tertiary/aromatic N) is 1. The van der Waals surface area contributed by atoms with Crippen molar-refractivity contribution in [1.82, 2.24) is 4.90 Å². The summed E-state index contributed by atoms with van der Waals surface area (Å²) in [4.78, 5) is 26.2. The van der Waals surface area contributed by atoms with Crippen LogP contribution in [0, 0.1) is 6.92 Å². The van der Waals surface area contributed by atoms with Crippen molar-refractivity contribution in [2.24, 2.45) is 0 Å². The summed E-state index contributed by atoms with van der Waals surface area (Å²) in [6, 6.07) is 11.5. The van der Waals surface area contributed by atoms with Gasteiger partial charge in [0, 0.05) is 0 Å². The first-order chi connectivity index (χ1) is 10.0. The number of phenols is 1. The quantitative estimate of drug-likeness (QED) is 0.861. The van der Waals surface area contributed by atoms with E-state index >= 15 is 0 Å². The van der Waals surface area contributed by atoms with E-state index in [2.05, 4.69) is 0 Å². The smallest absolute Gasteiger partial charge is 0.262 e. The summed E-state index contributed by atoms with van der Waals surface area (Å²) in [6.45, 7) is 3.57. The molecule has 1 unspecified atom stereocenters. The molecule has 2 amide bonds. The molecule has 0 radical (unpaired) electrons. The number of phenolic OH excluding ortho intramolecular Hbond substituents is 1. The van der Waals surface area contributed by atoms with E-state index in [1.165, 1.54) is 4.90 Å². The number of fused-ring (bicyclic) bond motifs is 1. The van der Waals surface area contributed by atoms with Crippen LogP contribution >= 0.6 is 0 Å². The Hall–Kier alpha value is -2.62. The van der Waals surface area contributed by atoms with Crippen LogP contribution in [0.1, 0.15) is 44.8 Å². The third-order valence-corrected chi connectivity index (χ3v) is 4.01. The predicted octanol–water partition coefficient (Wildman–Crippen LogP) is 3.06. The van der Waals surface area contributed by atoms with E-state index in [9.17, 15) is 14.7 Å². The fraction of sp³-hybridized carbons (Fsp3) is 0.176. The zero-order chi connectivity index (χ0) is 15.1. The van der Waals surface area contributed by atoms with Crippen molar-refractivity contribution in [3.63, 3.8) is 0 Å². The van der Waals surface area contributed by atoms with Crippen LogP contribution in [0.15, 0.2) is 42.5 Å². The van der Waals surface area contributed by atoms with Crippen LogP contribution in [0.25, 0.3) is 0 Å². The van der Waals surface area contributed by atoms with Crippen molar-refractivity contribution in [2.45, 2.75) is 19.9 Å². The molecular formula is C17H15NO3. The van der Waals surface area contributed by atoms with Crippen LogP contribution in [0.5, 0.6) is 5.75 Å². The molecule has 106 valence electrons. The van der Waals surface area contributed by atoms with Gasteiger partial charge in [-0.2, -0.15) is 0 Å². The Morgan fingerprint density at radius 1 is 0.952 bits per heavy atom. The SMILES string of the molecule is Cc1c(O)cccc1C(C)N1C(=O)c2ccccc2C1=O. The van der Waals surface area contributed by atoms with Crippen molar-refractivity contribution < 1.29 is 14.7 Å². The maximum absolute atomic E-state index is 12.5. The van der Waals surface area contributed by atoms with Crippen molar-refractivity contribution in [1.29, 1.82) is 0 Å². The van der Waals surface area contributed by atoms with Gasteiger partial charge in [0.25, 0.3) is 11.8 Å². The van der Waals surface area contributed by atoms with E-state index in [-0.39, 0.29) is 17.6 Å². The Morgan fingerprint density at radius 2 is 1.52 bits per heavy atom. The van der Waals surface area contributed by atoms with Crippen LogP contribution in [-0.2, 0) is 0 Å². The van der Waals surface area contributed by atoms with Gasteiger partial charge in [-0.25, -0.2) is 0 Å². The molecule has 2 aromatic carbocycles. The van der Waals surface area contributed by atoms with Crippen molar-refractivity contribution >= 4 is 11.8 Å². The molecule has 0 fully saturated rings. The molecule has 0 aliphatic carbocycles. The van der Waals surface area contributed by atoms with Crippen molar-refractivity contribution in [2.75, 3.05) is 0 Å². The molecule has 21 heavy (non-hydrogen) atoms. The predicted molar refractivity (Wildman–Crippen MR) is 78.2 cm³/mol. The molecule has 0 bridgehead atoms. The van der Waals surface area contributed by atoms with Gasteiger partial charge >= 0.3 is 0 Å². The van der Waals surface area contributed by atoms with Gasteiger partial charge in [0.2, 0.25) is 0 Å². The normalized spacial score (nSPS) is 15.2. The Bertz CT molecular complexity index is 716. The molecule has 3 rings (SSSR count). The highest BCUT2D eigenvalue weighted by atomic mass is 16.3. The molecule has 1 N–H and O–H groups in total. The average Bonchev–Trinajstić information content (AvgIpc) is 2.74. The van der Waals surface area contributed by atoms with Crippen LogP contribution in [0.3, 0.4) is 0 Å². The van der Waals surface area contributed by atoms with E-state index in [1.54, 1.807) is 50.2 Å². The van der Waals surface area contributed by atoms with Crippen LogP contribution < -0.4 is 0 Å². The third-order valence-electron chi connectivity index (χ3n) is 4.01. The first-order valence-corrected chi connectivity index (χ1v) is 6.77. The Labute approximate surface area is 122 Å². The van der Waals surface area contributed by atoms with Gasteiger partial charge in [-0.05, 0) is 43.2 Å². The van der Waals surface area contributed by atoms with Crippen LogP contribution in [0.2, 0.25) is 0 Å². The van der Waals surface area contributed by atoms with Gasteiger partial charge in [0.15, 0.2) is 0 Å². The van der Waals surface area contributed by atoms with Crippen LogP contribution in [0.4, 0.5) is 0 Å². The summed E-state index contributed by atoms with van der Waals surface area (Å²) in [5.74, 6) is -0.410. The number of carbonyl (C=O) groups is 2. The zero-order valence-electron chi connectivity index (χ0n) is 11.8. The lowest BCUT2D eigenvalue weighted by atomic mass is 10.0. The van der Waals surface area contributed by atoms with Gasteiger partial charge in [-0.15, -0.1) is 0 Å². The number of rotatable bonds is 2. The molecule has 1 atom stereocenters. The molecular weight excluding hydrogens is 266 g/mol. The second kappa shape index (κ2) is 4.74. The largest absolute Gasteiger partial charge is 0.508 e. The second-order valence-corrected chi connectivity index (χ2v) is 5.19. The minimum absolute atomic E-state index is 0.163. The molecule has 0 saturated carbocycles. The van der Waals surface area contributed by atoms with Crippen LogP contribution in [-0.4, -0.2) is 21.8 Å². The van der Waals surface area contributed by atoms with Crippen molar-refractivity contribution in [3.8, 4) is 5.75 Å². The number of hydrogen-bond donors (Lipinski definition) is 1. The molecule has 4 heteroatoms. The summed E-state index contributed by atoms with van der Waals surface area (Å²) in [5, 5.41) is 9.81. The van der Waals surface area contributed by atoms with Gasteiger partial charge in [-0.3, -0.25) is 14.5 Å². The van der Waals surface area contributed by atoms with Gasteiger partial charge < -0.3 is 5.11 Å². The molecule has 0 spiro atoms. The third kappa shape index (κ3) is 1.91. The highest BCUT2D eigenvalue weighted by Crippen LogP contribution is 2.34. The summed E-state index contributed by atoms with van der Waals surface area (Å²) < 4.78 is 0. The lowest BCUT2D eigenvalue weighted by Crippen LogP contribution is -2.32. The fourth-order valence-electron chi connectivity index (χ4n) is 2.79.